The van der Waals surface area contributed by atoms with Crippen molar-refractivity contribution in [3.05, 3.63) is 68.9 Å². The van der Waals surface area contributed by atoms with Crippen LogP contribution in [-0.2, 0) is 6.42 Å². The quantitative estimate of drug-likeness (QED) is 0.846. The fraction of sp³-hybridized carbons (Fsp3) is 0.200. The molecular formula is C15H14BrClFN. The van der Waals surface area contributed by atoms with Crippen molar-refractivity contribution in [2.24, 2.45) is 0 Å². The van der Waals surface area contributed by atoms with Crippen LogP contribution in [0.1, 0.15) is 17.2 Å². The summed E-state index contributed by atoms with van der Waals surface area (Å²) in [5, 5.41) is 3.88. The van der Waals surface area contributed by atoms with Gasteiger partial charge in [0.15, 0.2) is 0 Å². The van der Waals surface area contributed by atoms with Gasteiger partial charge in [0.2, 0.25) is 0 Å². The number of benzene rings is 2. The molecule has 0 fully saturated rings. The summed E-state index contributed by atoms with van der Waals surface area (Å²) in [7, 11) is 1.85. The van der Waals surface area contributed by atoms with Gasteiger partial charge >= 0.3 is 0 Å². The molecule has 2 aromatic rings. The van der Waals surface area contributed by atoms with E-state index in [1.807, 2.05) is 37.4 Å². The predicted octanol–water partition coefficient (Wildman–Crippen LogP) is 4.74. The second kappa shape index (κ2) is 6.51. The Balaban J connectivity index is 2.27. The number of halogens is 3. The Morgan fingerprint density at radius 2 is 2.00 bits per heavy atom. The van der Waals surface area contributed by atoms with Crippen molar-refractivity contribution in [3.8, 4) is 0 Å². The Kier molecular flexibility index (Phi) is 4.97. The van der Waals surface area contributed by atoms with Gasteiger partial charge in [-0.15, -0.1) is 0 Å². The third kappa shape index (κ3) is 3.56. The van der Waals surface area contributed by atoms with Gasteiger partial charge in [-0.25, -0.2) is 4.39 Å². The first-order valence-corrected chi connectivity index (χ1v) is 7.14. The van der Waals surface area contributed by atoms with E-state index in [0.717, 1.165) is 10.0 Å². The van der Waals surface area contributed by atoms with E-state index in [4.69, 9.17) is 11.6 Å². The normalized spacial score (nSPS) is 12.4. The van der Waals surface area contributed by atoms with Crippen LogP contribution in [0.25, 0.3) is 0 Å². The molecule has 2 aromatic carbocycles. The largest absolute Gasteiger partial charge is 0.313 e. The van der Waals surface area contributed by atoms with E-state index in [1.165, 1.54) is 6.07 Å². The molecule has 0 aromatic heterocycles. The molecule has 0 spiro atoms. The van der Waals surface area contributed by atoms with Crippen LogP contribution in [0.4, 0.5) is 4.39 Å². The van der Waals surface area contributed by atoms with Gasteiger partial charge in [-0.2, -0.15) is 0 Å². The molecule has 0 radical (unpaired) electrons. The average Bonchev–Trinajstić information content (AvgIpc) is 2.39. The Bertz CT molecular complexity index is 574. The first-order chi connectivity index (χ1) is 9.11. The lowest BCUT2D eigenvalue weighted by molar-refractivity contribution is 0.554. The van der Waals surface area contributed by atoms with E-state index >= 15 is 0 Å². The van der Waals surface area contributed by atoms with Gasteiger partial charge in [0.05, 0.1) is 0 Å². The molecule has 19 heavy (non-hydrogen) atoms. The topological polar surface area (TPSA) is 12.0 Å². The molecule has 100 valence electrons. The lowest BCUT2D eigenvalue weighted by atomic mass is 9.98. The second-order valence-corrected chi connectivity index (χ2v) is 5.63. The van der Waals surface area contributed by atoms with Crippen molar-refractivity contribution < 1.29 is 4.39 Å². The van der Waals surface area contributed by atoms with Crippen LogP contribution in [0.2, 0.25) is 5.02 Å². The zero-order valence-electron chi connectivity index (χ0n) is 10.5. The van der Waals surface area contributed by atoms with Gasteiger partial charge in [0.25, 0.3) is 0 Å². The first kappa shape index (κ1) is 14.5. The van der Waals surface area contributed by atoms with E-state index in [0.29, 0.717) is 17.0 Å². The highest BCUT2D eigenvalue weighted by molar-refractivity contribution is 9.10. The average molecular weight is 343 g/mol. The summed E-state index contributed by atoms with van der Waals surface area (Å²) in [6, 6.07) is 12.7. The fourth-order valence-electron chi connectivity index (χ4n) is 2.03. The summed E-state index contributed by atoms with van der Waals surface area (Å²) in [4.78, 5) is 0. The van der Waals surface area contributed by atoms with E-state index in [2.05, 4.69) is 21.2 Å². The minimum Gasteiger partial charge on any atom is -0.313 e. The van der Waals surface area contributed by atoms with Crippen molar-refractivity contribution >= 4 is 27.5 Å². The van der Waals surface area contributed by atoms with Crippen LogP contribution in [0.3, 0.4) is 0 Å². The summed E-state index contributed by atoms with van der Waals surface area (Å²) >= 11 is 9.45. The third-order valence-corrected chi connectivity index (χ3v) is 3.91. The molecule has 1 N–H and O–H groups in total. The molecule has 0 saturated heterocycles. The highest BCUT2D eigenvalue weighted by Crippen LogP contribution is 2.27. The highest BCUT2D eigenvalue weighted by Gasteiger charge is 2.15. The van der Waals surface area contributed by atoms with E-state index in [-0.39, 0.29) is 11.9 Å². The molecular weight excluding hydrogens is 329 g/mol. The van der Waals surface area contributed by atoms with Crippen LogP contribution in [0, 0.1) is 5.82 Å². The van der Waals surface area contributed by atoms with E-state index < -0.39 is 0 Å². The zero-order valence-corrected chi connectivity index (χ0v) is 12.8. The van der Waals surface area contributed by atoms with Gasteiger partial charge < -0.3 is 5.32 Å². The SMILES string of the molecule is CNC(Cc1ccc(Br)cc1F)c1ccccc1Cl. The molecule has 0 heterocycles. The molecule has 0 aliphatic carbocycles. The molecule has 0 bridgehead atoms. The van der Waals surface area contributed by atoms with Crippen LogP contribution in [0.15, 0.2) is 46.9 Å². The minimum absolute atomic E-state index is 0.00984. The van der Waals surface area contributed by atoms with Crippen molar-refractivity contribution in [2.45, 2.75) is 12.5 Å². The predicted molar refractivity (Wildman–Crippen MR) is 81.1 cm³/mol. The third-order valence-electron chi connectivity index (χ3n) is 3.07. The van der Waals surface area contributed by atoms with Crippen molar-refractivity contribution in [1.82, 2.24) is 5.32 Å². The molecule has 4 heteroatoms. The summed E-state index contributed by atoms with van der Waals surface area (Å²) < 4.78 is 14.6. The monoisotopic (exact) mass is 341 g/mol. The molecule has 0 aliphatic heterocycles. The molecule has 0 aliphatic rings. The van der Waals surface area contributed by atoms with Crippen LogP contribution < -0.4 is 5.32 Å². The number of nitrogens with one attached hydrogen (secondary N) is 1. The van der Waals surface area contributed by atoms with Crippen molar-refractivity contribution in [2.75, 3.05) is 7.05 Å². The standard InChI is InChI=1S/C15H14BrClFN/c1-19-15(12-4-2-3-5-13(12)17)8-10-6-7-11(16)9-14(10)18/h2-7,9,15,19H,8H2,1H3. The second-order valence-electron chi connectivity index (χ2n) is 4.30. The summed E-state index contributed by atoms with van der Waals surface area (Å²) in [5.74, 6) is -0.207. The fourth-order valence-corrected chi connectivity index (χ4v) is 2.63. The number of hydrogen-bond donors (Lipinski definition) is 1. The van der Waals surface area contributed by atoms with E-state index in [1.54, 1.807) is 6.07 Å². The molecule has 2 rings (SSSR count). The molecule has 0 amide bonds. The lowest BCUT2D eigenvalue weighted by Gasteiger charge is -2.18. The summed E-state index contributed by atoms with van der Waals surface area (Å²) in [6.45, 7) is 0. The summed E-state index contributed by atoms with van der Waals surface area (Å²) in [6.07, 6.45) is 0.555. The highest BCUT2D eigenvalue weighted by atomic mass is 79.9. The van der Waals surface area contributed by atoms with Crippen LogP contribution in [0.5, 0.6) is 0 Å². The Morgan fingerprint density at radius 1 is 1.26 bits per heavy atom. The van der Waals surface area contributed by atoms with Gasteiger partial charge in [-0.3, -0.25) is 0 Å². The summed E-state index contributed by atoms with van der Waals surface area (Å²) in [5.41, 5.74) is 1.65. The number of rotatable bonds is 4. The Morgan fingerprint density at radius 3 is 2.63 bits per heavy atom. The lowest BCUT2D eigenvalue weighted by Crippen LogP contribution is -2.19. The van der Waals surface area contributed by atoms with Gasteiger partial charge in [-0.1, -0.05) is 51.8 Å². The molecule has 1 unspecified atom stereocenters. The zero-order chi connectivity index (χ0) is 13.8. The van der Waals surface area contributed by atoms with Crippen LogP contribution in [-0.4, -0.2) is 7.05 Å². The van der Waals surface area contributed by atoms with Gasteiger partial charge in [0.1, 0.15) is 5.82 Å². The smallest absolute Gasteiger partial charge is 0.127 e. The first-order valence-electron chi connectivity index (χ1n) is 5.97. The van der Waals surface area contributed by atoms with Gasteiger partial charge in [-0.05, 0) is 42.8 Å². The van der Waals surface area contributed by atoms with Crippen LogP contribution >= 0.6 is 27.5 Å². The Labute approximate surface area is 125 Å². The maximum atomic E-state index is 13.9. The maximum absolute atomic E-state index is 13.9. The Hall–Kier alpha value is -0.900. The molecule has 0 saturated carbocycles. The van der Waals surface area contributed by atoms with Crippen molar-refractivity contribution in [1.29, 1.82) is 0 Å². The molecule has 1 nitrogen and oxygen atoms in total. The van der Waals surface area contributed by atoms with Gasteiger partial charge in [0, 0.05) is 15.5 Å². The maximum Gasteiger partial charge on any atom is 0.127 e. The van der Waals surface area contributed by atoms with Crippen molar-refractivity contribution in [3.63, 3.8) is 0 Å². The number of hydrogen-bond acceptors (Lipinski definition) is 1. The minimum atomic E-state index is -0.207. The van der Waals surface area contributed by atoms with E-state index in [9.17, 15) is 4.39 Å². The number of likely N-dealkylation sites (N-methyl/N-ethyl adjacent to an activating group) is 1. The molecule has 1 atom stereocenters.